The van der Waals surface area contributed by atoms with Gasteiger partial charge in [0.05, 0.1) is 6.26 Å². The standard InChI is InChI=1S/C9H6BrIO2S/c1-14(12,13)5-4-7-6-8(10)2-3-9(7)11/h2-3,6H,1H3. The van der Waals surface area contributed by atoms with E-state index < -0.39 is 9.84 Å². The molecule has 0 atom stereocenters. The molecular formula is C9H6BrIO2S. The fraction of sp³-hybridized carbons (Fsp3) is 0.111. The summed E-state index contributed by atoms with van der Waals surface area (Å²) in [5.41, 5.74) is 0.713. The van der Waals surface area contributed by atoms with Gasteiger partial charge in [0.15, 0.2) is 0 Å². The van der Waals surface area contributed by atoms with Gasteiger partial charge < -0.3 is 0 Å². The first-order valence-electron chi connectivity index (χ1n) is 3.56. The van der Waals surface area contributed by atoms with Crippen LogP contribution in [0.25, 0.3) is 0 Å². The Bertz CT molecular complexity index is 511. The Morgan fingerprint density at radius 1 is 1.43 bits per heavy atom. The molecule has 0 bridgehead atoms. The minimum Gasteiger partial charge on any atom is -0.216 e. The Balaban J connectivity index is 3.19. The van der Waals surface area contributed by atoms with Crippen LogP contribution in [0.5, 0.6) is 0 Å². The predicted octanol–water partition coefficient (Wildman–Crippen LogP) is 2.41. The molecule has 0 aliphatic carbocycles. The van der Waals surface area contributed by atoms with E-state index in [1.165, 1.54) is 0 Å². The van der Waals surface area contributed by atoms with Crippen molar-refractivity contribution < 1.29 is 8.42 Å². The van der Waals surface area contributed by atoms with Crippen molar-refractivity contribution in [3.63, 3.8) is 0 Å². The highest BCUT2D eigenvalue weighted by molar-refractivity contribution is 14.1. The molecule has 0 aliphatic heterocycles. The van der Waals surface area contributed by atoms with Crippen LogP contribution in [0, 0.1) is 14.7 Å². The molecule has 0 N–H and O–H groups in total. The Labute approximate surface area is 105 Å². The summed E-state index contributed by atoms with van der Waals surface area (Å²) in [6.45, 7) is 0. The number of hydrogen-bond donors (Lipinski definition) is 0. The molecule has 5 heteroatoms. The monoisotopic (exact) mass is 384 g/mol. The second-order valence-electron chi connectivity index (χ2n) is 2.62. The quantitative estimate of drug-likeness (QED) is 0.508. The van der Waals surface area contributed by atoms with E-state index in [0.717, 1.165) is 14.3 Å². The van der Waals surface area contributed by atoms with Crippen molar-refractivity contribution in [2.24, 2.45) is 0 Å². The van der Waals surface area contributed by atoms with Gasteiger partial charge in [-0.15, -0.1) is 0 Å². The van der Waals surface area contributed by atoms with E-state index >= 15 is 0 Å². The zero-order valence-electron chi connectivity index (χ0n) is 7.21. The van der Waals surface area contributed by atoms with Gasteiger partial charge in [0.25, 0.3) is 0 Å². The van der Waals surface area contributed by atoms with Crippen LogP contribution < -0.4 is 0 Å². The summed E-state index contributed by atoms with van der Waals surface area (Å²) < 4.78 is 23.4. The average Bonchev–Trinajstić information content (AvgIpc) is 2.05. The number of halogens is 2. The average molecular weight is 385 g/mol. The van der Waals surface area contributed by atoms with Gasteiger partial charge in [-0.3, -0.25) is 0 Å². The Hall–Kier alpha value is -0.0600. The van der Waals surface area contributed by atoms with Crippen molar-refractivity contribution in [1.29, 1.82) is 0 Å². The highest BCUT2D eigenvalue weighted by Crippen LogP contribution is 2.17. The van der Waals surface area contributed by atoms with Gasteiger partial charge in [0.2, 0.25) is 9.84 Å². The van der Waals surface area contributed by atoms with Crippen LogP contribution in [-0.4, -0.2) is 14.7 Å². The first-order chi connectivity index (χ1) is 6.38. The molecule has 1 aromatic rings. The van der Waals surface area contributed by atoms with E-state index in [1.54, 1.807) is 6.07 Å². The molecule has 0 saturated carbocycles. The van der Waals surface area contributed by atoms with E-state index in [9.17, 15) is 8.42 Å². The maximum atomic E-state index is 10.8. The number of benzene rings is 1. The van der Waals surface area contributed by atoms with Crippen LogP contribution in [0.3, 0.4) is 0 Å². The normalized spacial score (nSPS) is 10.5. The van der Waals surface area contributed by atoms with E-state index in [0.29, 0.717) is 5.56 Å². The summed E-state index contributed by atoms with van der Waals surface area (Å²) in [5, 5.41) is 2.20. The lowest BCUT2D eigenvalue weighted by atomic mass is 10.2. The molecule has 74 valence electrons. The van der Waals surface area contributed by atoms with Crippen LogP contribution >= 0.6 is 38.5 Å². The third kappa shape index (κ3) is 3.98. The Kier molecular flexibility index (Phi) is 3.98. The molecule has 0 aliphatic rings. The van der Waals surface area contributed by atoms with Gasteiger partial charge in [-0.25, -0.2) is 8.42 Å². The van der Waals surface area contributed by atoms with E-state index in [-0.39, 0.29) is 0 Å². The molecule has 0 unspecified atom stereocenters. The van der Waals surface area contributed by atoms with Gasteiger partial charge >= 0.3 is 0 Å². The largest absolute Gasteiger partial charge is 0.216 e. The Morgan fingerprint density at radius 2 is 2.07 bits per heavy atom. The second-order valence-corrected chi connectivity index (χ2v) is 6.45. The third-order valence-corrected chi connectivity index (χ3v) is 3.21. The van der Waals surface area contributed by atoms with Gasteiger partial charge in [-0.1, -0.05) is 15.9 Å². The van der Waals surface area contributed by atoms with Crippen molar-refractivity contribution in [3.8, 4) is 11.2 Å². The molecule has 1 aromatic carbocycles. The summed E-state index contributed by atoms with van der Waals surface area (Å²) in [6, 6.07) is 5.55. The lowest BCUT2D eigenvalue weighted by Gasteiger charge is -1.95. The van der Waals surface area contributed by atoms with Crippen molar-refractivity contribution in [2.45, 2.75) is 0 Å². The molecule has 0 saturated heterocycles. The van der Waals surface area contributed by atoms with Gasteiger partial charge in [-0.05, 0) is 46.7 Å². The zero-order chi connectivity index (χ0) is 10.8. The molecule has 0 heterocycles. The molecule has 1 rings (SSSR count). The lowest BCUT2D eigenvalue weighted by molar-refractivity contribution is 0.611. The molecule has 0 aromatic heterocycles. The van der Waals surface area contributed by atoms with Crippen LogP contribution in [0.15, 0.2) is 22.7 Å². The van der Waals surface area contributed by atoms with E-state index in [1.807, 2.05) is 12.1 Å². The van der Waals surface area contributed by atoms with Crippen LogP contribution in [0.4, 0.5) is 0 Å². The molecular weight excluding hydrogens is 379 g/mol. The first-order valence-corrected chi connectivity index (χ1v) is 7.32. The summed E-state index contributed by atoms with van der Waals surface area (Å²) in [5.74, 6) is 2.62. The fourth-order valence-corrected chi connectivity index (χ4v) is 1.87. The summed E-state index contributed by atoms with van der Waals surface area (Å²) in [6.07, 6.45) is 1.09. The summed E-state index contributed by atoms with van der Waals surface area (Å²) in [4.78, 5) is 0. The summed E-state index contributed by atoms with van der Waals surface area (Å²) in [7, 11) is -3.23. The summed E-state index contributed by atoms with van der Waals surface area (Å²) >= 11 is 5.41. The second kappa shape index (κ2) is 4.64. The van der Waals surface area contributed by atoms with Crippen LogP contribution in [0.2, 0.25) is 0 Å². The number of rotatable bonds is 0. The van der Waals surface area contributed by atoms with Gasteiger partial charge in [0.1, 0.15) is 0 Å². The highest BCUT2D eigenvalue weighted by atomic mass is 127. The molecule has 0 spiro atoms. The fourth-order valence-electron chi connectivity index (χ4n) is 0.741. The predicted molar refractivity (Wildman–Crippen MR) is 68.6 cm³/mol. The van der Waals surface area contributed by atoms with Crippen LogP contribution in [-0.2, 0) is 9.84 Å². The van der Waals surface area contributed by atoms with Crippen molar-refractivity contribution in [1.82, 2.24) is 0 Å². The SMILES string of the molecule is CS(=O)(=O)C#Cc1cc(Br)ccc1I. The smallest absolute Gasteiger partial charge is 0.214 e. The maximum absolute atomic E-state index is 10.8. The van der Waals surface area contributed by atoms with E-state index in [4.69, 9.17) is 0 Å². The molecule has 0 radical (unpaired) electrons. The highest BCUT2D eigenvalue weighted by Gasteiger charge is 1.98. The molecule has 14 heavy (non-hydrogen) atoms. The Morgan fingerprint density at radius 3 is 2.64 bits per heavy atom. The molecule has 2 nitrogen and oxygen atoms in total. The van der Waals surface area contributed by atoms with Gasteiger partial charge in [-0.2, -0.15) is 0 Å². The minimum absolute atomic E-state index is 0.713. The molecule has 0 fully saturated rings. The van der Waals surface area contributed by atoms with Crippen molar-refractivity contribution in [3.05, 3.63) is 31.8 Å². The zero-order valence-corrected chi connectivity index (χ0v) is 11.8. The third-order valence-electron chi connectivity index (χ3n) is 1.30. The van der Waals surface area contributed by atoms with E-state index in [2.05, 4.69) is 49.7 Å². The van der Waals surface area contributed by atoms with Crippen molar-refractivity contribution >= 4 is 48.4 Å². The van der Waals surface area contributed by atoms with Gasteiger partial charge in [0, 0.05) is 18.9 Å². The topological polar surface area (TPSA) is 34.1 Å². The lowest BCUT2D eigenvalue weighted by Crippen LogP contribution is -1.90. The van der Waals surface area contributed by atoms with Crippen LogP contribution in [0.1, 0.15) is 5.56 Å². The number of hydrogen-bond acceptors (Lipinski definition) is 2. The molecule has 0 amide bonds. The number of sulfone groups is 1. The minimum atomic E-state index is -3.23. The maximum Gasteiger partial charge on any atom is 0.214 e. The van der Waals surface area contributed by atoms with Crippen molar-refractivity contribution in [2.75, 3.05) is 6.26 Å². The first kappa shape index (κ1) is 12.0.